The van der Waals surface area contributed by atoms with Crippen LogP contribution in [-0.4, -0.2) is 37.1 Å². The van der Waals surface area contributed by atoms with Crippen LogP contribution in [0.5, 0.6) is 0 Å². The first-order chi connectivity index (χ1) is 7.77. The topological polar surface area (TPSA) is 15.3 Å². The molecule has 1 saturated heterocycles. The Hall–Kier alpha value is -0.570. The summed E-state index contributed by atoms with van der Waals surface area (Å²) in [4.78, 5) is 2.59. The van der Waals surface area contributed by atoms with E-state index in [1.54, 1.807) is 0 Å². The van der Waals surface area contributed by atoms with Crippen LogP contribution in [0.1, 0.15) is 25.3 Å². The molecule has 0 radical (unpaired) electrons. The van der Waals surface area contributed by atoms with Gasteiger partial charge in [0.05, 0.1) is 0 Å². The van der Waals surface area contributed by atoms with Crippen LogP contribution in [0.25, 0.3) is 0 Å². The largest absolute Gasteiger partial charge is 0.314 e. The molecule has 1 heterocycles. The number of nitrogens with zero attached hydrogens (tertiary/aromatic N) is 1. The lowest BCUT2D eigenvalue weighted by Crippen LogP contribution is -2.50. The van der Waals surface area contributed by atoms with E-state index in [-0.39, 0.29) is 12.4 Å². The molecule has 0 bridgehead atoms. The number of benzene rings is 1. The predicted octanol–water partition coefficient (Wildman–Crippen LogP) is 2.51. The van der Waals surface area contributed by atoms with Gasteiger partial charge in [-0.15, -0.1) is 12.4 Å². The van der Waals surface area contributed by atoms with E-state index in [1.807, 2.05) is 0 Å². The predicted molar refractivity (Wildman–Crippen MR) is 76.0 cm³/mol. The smallest absolute Gasteiger partial charge is 0.0193 e. The lowest BCUT2D eigenvalue weighted by atomic mass is 10.00. The minimum Gasteiger partial charge on any atom is -0.314 e. The first kappa shape index (κ1) is 14.5. The molecule has 0 aromatic heterocycles. The summed E-state index contributed by atoms with van der Waals surface area (Å²) in [5, 5.41) is 3.44. The van der Waals surface area contributed by atoms with E-state index in [4.69, 9.17) is 0 Å². The summed E-state index contributed by atoms with van der Waals surface area (Å²) < 4.78 is 0. The monoisotopic (exact) mass is 254 g/mol. The average molecular weight is 255 g/mol. The van der Waals surface area contributed by atoms with Crippen molar-refractivity contribution < 1.29 is 0 Å². The molecule has 1 fully saturated rings. The molecule has 1 aliphatic heterocycles. The van der Waals surface area contributed by atoms with Crippen LogP contribution in [-0.2, 0) is 0 Å². The molecule has 2 atom stereocenters. The summed E-state index contributed by atoms with van der Waals surface area (Å²) in [7, 11) is 0. The Kier molecular flexibility index (Phi) is 5.96. The van der Waals surface area contributed by atoms with Gasteiger partial charge in [0.25, 0.3) is 0 Å². The number of hydrogen-bond donors (Lipinski definition) is 1. The standard InChI is InChI=1S/C14H22N2.ClH/c1-12(14-6-4-3-5-7-14)11-16-9-8-15-10-13(16)2;/h3-7,12-13,15H,8-11H2,1-2H3;1H. The SMILES string of the molecule is CC(CN1CCNCC1C)c1ccccc1.Cl. The third-order valence-electron chi connectivity index (χ3n) is 3.52. The van der Waals surface area contributed by atoms with Gasteiger partial charge in [-0.1, -0.05) is 37.3 Å². The van der Waals surface area contributed by atoms with Crippen molar-refractivity contribution in [3.63, 3.8) is 0 Å². The molecule has 1 N–H and O–H groups in total. The van der Waals surface area contributed by atoms with E-state index < -0.39 is 0 Å². The van der Waals surface area contributed by atoms with Crippen molar-refractivity contribution in [2.45, 2.75) is 25.8 Å². The molecule has 2 unspecified atom stereocenters. The Balaban J connectivity index is 0.00000144. The highest BCUT2D eigenvalue weighted by atomic mass is 35.5. The van der Waals surface area contributed by atoms with Gasteiger partial charge in [-0.2, -0.15) is 0 Å². The van der Waals surface area contributed by atoms with Gasteiger partial charge in [0.15, 0.2) is 0 Å². The van der Waals surface area contributed by atoms with Crippen LogP contribution < -0.4 is 5.32 Å². The molecular formula is C14H23ClN2. The summed E-state index contributed by atoms with van der Waals surface area (Å²) in [5.74, 6) is 0.627. The van der Waals surface area contributed by atoms with Crippen molar-refractivity contribution in [3.8, 4) is 0 Å². The third-order valence-corrected chi connectivity index (χ3v) is 3.52. The van der Waals surface area contributed by atoms with E-state index in [2.05, 4.69) is 54.4 Å². The zero-order valence-corrected chi connectivity index (χ0v) is 11.5. The summed E-state index contributed by atoms with van der Waals surface area (Å²) in [5.41, 5.74) is 1.45. The van der Waals surface area contributed by atoms with Crippen molar-refractivity contribution in [3.05, 3.63) is 35.9 Å². The van der Waals surface area contributed by atoms with Crippen LogP contribution in [0.3, 0.4) is 0 Å². The number of piperazine rings is 1. The van der Waals surface area contributed by atoms with Crippen LogP contribution in [0, 0.1) is 0 Å². The average Bonchev–Trinajstić information content (AvgIpc) is 2.33. The Morgan fingerprint density at radius 3 is 2.71 bits per heavy atom. The Labute approximate surface area is 111 Å². The summed E-state index contributed by atoms with van der Waals surface area (Å²) in [6.45, 7) is 9.24. The molecular weight excluding hydrogens is 232 g/mol. The fourth-order valence-corrected chi connectivity index (χ4v) is 2.39. The first-order valence-corrected chi connectivity index (χ1v) is 6.27. The second kappa shape index (κ2) is 7.00. The van der Waals surface area contributed by atoms with Gasteiger partial charge in [0, 0.05) is 32.2 Å². The maximum Gasteiger partial charge on any atom is 0.0193 e. The maximum absolute atomic E-state index is 3.44. The second-order valence-electron chi connectivity index (χ2n) is 4.86. The van der Waals surface area contributed by atoms with Gasteiger partial charge >= 0.3 is 0 Å². The molecule has 0 aliphatic carbocycles. The Morgan fingerprint density at radius 2 is 2.06 bits per heavy atom. The fourth-order valence-electron chi connectivity index (χ4n) is 2.39. The van der Waals surface area contributed by atoms with Gasteiger partial charge in [0.1, 0.15) is 0 Å². The van der Waals surface area contributed by atoms with Crippen LogP contribution in [0.15, 0.2) is 30.3 Å². The molecule has 0 amide bonds. The molecule has 1 aromatic carbocycles. The highest BCUT2D eigenvalue weighted by Gasteiger charge is 2.19. The van der Waals surface area contributed by atoms with Crippen LogP contribution in [0.2, 0.25) is 0 Å². The minimum absolute atomic E-state index is 0. The van der Waals surface area contributed by atoms with Crippen LogP contribution in [0.4, 0.5) is 0 Å². The van der Waals surface area contributed by atoms with Gasteiger partial charge < -0.3 is 5.32 Å². The van der Waals surface area contributed by atoms with E-state index in [0.717, 1.165) is 13.1 Å². The van der Waals surface area contributed by atoms with Gasteiger partial charge in [-0.25, -0.2) is 0 Å². The lowest BCUT2D eigenvalue weighted by Gasteiger charge is -2.35. The summed E-state index contributed by atoms with van der Waals surface area (Å²) in [6.07, 6.45) is 0. The Morgan fingerprint density at radius 1 is 1.35 bits per heavy atom. The zero-order chi connectivity index (χ0) is 11.4. The first-order valence-electron chi connectivity index (χ1n) is 6.27. The van der Waals surface area contributed by atoms with Crippen molar-refractivity contribution in [1.29, 1.82) is 0 Å². The normalized spacial score (nSPS) is 22.8. The third kappa shape index (κ3) is 3.98. The van der Waals surface area contributed by atoms with E-state index in [9.17, 15) is 0 Å². The van der Waals surface area contributed by atoms with Crippen molar-refractivity contribution in [2.75, 3.05) is 26.2 Å². The molecule has 3 heteroatoms. The number of halogens is 1. The molecule has 1 aromatic rings. The van der Waals surface area contributed by atoms with Crippen molar-refractivity contribution in [2.24, 2.45) is 0 Å². The fraction of sp³-hybridized carbons (Fsp3) is 0.571. The van der Waals surface area contributed by atoms with Crippen molar-refractivity contribution in [1.82, 2.24) is 10.2 Å². The maximum atomic E-state index is 3.44. The van der Waals surface area contributed by atoms with Gasteiger partial charge in [-0.3, -0.25) is 4.90 Å². The quantitative estimate of drug-likeness (QED) is 0.892. The molecule has 2 nitrogen and oxygen atoms in total. The Bertz CT molecular complexity index is 315. The molecule has 2 rings (SSSR count). The molecule has 0 spiro atoms. The summed E-state index contributed by atoms with van der Waals surface area (Å²) in [6, 6.07) is 11.5. The number of rotatable bonds is 3. The number of hydrogen-bond acceptors (Lipinski definition) is 2. The van der Waals surface area contributed by atoms with E-state index >= 15 is 0 Å². The minimum atomic E-state index is 0. The highest BCUT2D eigenvalue weighted by molar-refractivity contribution is 5.85. The molecule has 1 aliphatic rings. The zero-order valence-electron chi connectivity index (χ0n) is 10.7. The summed E-state index contributed by atoms with van der Waals surface area (Å²) >= 11 is 0. The lowest BCUT2D eigenvalue weighted by molar-refractivity contribution is 0.166. The molecule has 0 saturated carbocycles. The van der Waals surface area contributed by atoms with E-state index in [0.29, 0.717) is 12.0 Å². The van der Waals surface area contributed by atoms with Gasteiger partial charge in [-0.05, 0) is 18.4 Å². The van der Waals surface area contributed by atoms with Crippen molar-refractivity contribution >= 4 is 12.4 Å². The van der Waals surface area contributed by atoms with Crippen LogP contribution >= 0.6 is 12.4 Å². The molecule has 17 heavy (non-hydrogen) atoms. The van der Waals surface area contributed by atoms with E-state index in [1.165, 1.54) is 18.7 Å². The molecule has 96 valence electrons. The number of nitrogens with one attached hydrogen (secondary N) is 1. The van der Waals surface area contributed by atoms with Gasteiger partial charge in [0.2, 0.25) is 0 Å². The second-order valence-corrected chi connectivity index (χ2v) is 4.86. The highest BCUT2D eigenvalue weighted by Crippen LogP contribution is 2.17.